The molecule has 146 valence electrons. The van der Waals surface area contributed by atoms with Crippen LogP contribution in [-0.2, 0) is 11.3 Å². The number of carbonyl (C=O) groups is 1. The molecule has 0 saturated carbocycles. The van der Waals surface area contributed by atoms with Gasteiger partial charge in [0.05, 0.1) is 24.8 Å². The predicted molar refractivity (Wildman–Crippen MR) is 101 cm³/mol. The molecule has 0 spiro atoms. The third kappa shape index (κ3) is 3.17. The Morgan fingerprint density at radius 3 is 2.46 bits per heavy atom. The van der Waals surface area contributed by atoms with Crippen molar-refractivity contribution in [3.05, 3.63) is 69.5 Å². The van der Waals surface area contributed by atoms with Crippen LogP contribution in [0.1, 0.15) is 22.8 Å². The molecule has 0 aliphatic rings. The van der Waals surface area contributed by atoms with Gasteiger partial charge in [-0.05, 0) is 12.5 Å². The highest BCUT2D eigenvalue weighted by Gasteiger charge is 2.26. The normalized spacial score (nSPS) is 10.9. The zero-order valence-corrected chi connectivity index (χ0v) is 15.3. The lowest BCUT2D eigenvalue weighted by Crippen LogP contribution is -2.23. The number of nitrogens with two attached hydrogens (primary N) is 1. The van der Waals surface area contributed by atoms with Crippen LogP contribution in [0, 0.1) is 11.6 Å². The van der Waals surface area contributed by atoms with Crippen molar-refractivity contribution in [2.24, 2.45) is 0 Å². The molecular formula is C20H18F2N2O4. The van der Waals surface area contributed by atoms with E-state index in [1.165, 1.54) is 10.8 Å². The first-order valence-electron chi connectivity index (χ1n) is 8.49. The number of nitrogen functional groups attached to an aromatic ring is 1. The summed E-state index contributed by atoms with van der Waals surface area (Å²) in [5.41, 5.74) is 4.60. The van der Waals surface area contributed by atoms with Gasteiger partial charge in [0.15, 0.2) is 11.6 Å². The fraction of sp³-hybridized carbons (Fsp3) is 0.200. The molecule has 1 aromatic heterocycles. The first kappa shape index (κ1) is 19.3. The minimum Gasteiger partial charge on any atom is -0.491 e. The first-order valence-corrected chi connectivity index (χ1v) is 8.49. The average molecular weight is 388 g/mol. The van der Waals surface area contributed by atoms with Crippen molar-refractivity contribution in [2.75, 3.05) is 19.5 Å². The minimum absolute atomic E-state index is 0.0409. The Morgan fingerprint density at radius 1 is 1.18 bits per heavy atom. The summed E-state index contributed by atoms with van der Waals surface area (Å²) >= 11 is 0. The number of esters is 1. The van der Waals surface area contributed by atoms with Crippen LogP contribution < -0.4 is 15.9 Å². The summed E-state index contributed by atoms with van der Waals surface area (Å²) in [5.74, 6) is -4.06. The smallest absolute Gasteiger partial charge is 0.343 e. The van der Waals surface area contributed by atoms with Gasteiger partial charge in [-0.15, -0.1) is 0 Å². The third-order valence-electron chi connectivity index (χ3n) is 4.29. The third-order valence-corrected chi connectivity index (χ3v) is 4.29. The molecule has 3 aromatic rings. The maximum absolute atomic E-state index is 14.4. The summed E-state index contributed by atoms with van der Waals surface area (Å²) in [5, 5.41) is -0.336. The van der Waals surface area contributed by atoms with Crippen LogP contribution in [0.2, 0.25) is 0 Å². The topological polar surface area (TPSA) is 83.6 Å². The number of carbonyl (C=O) groups excluding carboxylic acids is 1. The van der Waals surface area contributed by atoms with Crippen LogP contribution in [0.15, 0.2) is 41.3 Å². The van der Waals surface area contributed by atoms with Gasteiger partial charge in [0.25, 0.3) is 0 Å². The van der Waals surface area contributed by atoms with Gasteiger partial charge >= 0.3 is 5.97 Å². The monoisotopic (exact) mass is 388 g/mol. The second-order valence-electron chi connectivity index (χ2n) is 6.00. The van der Waals surface area contributed by atoms with Gasteiger partial charge < -0.3 is 19.8 Å². The standard InChI is InChI=1S/C20H18F2N2O4/c1-3-28-20(26)12-10-24(9-11-7-5-4-6-8-11)17-13(18(12)25)16(23)14(21)15(22)19(17)27-2/h4-8,10H,3,9,23H2,1-2H3. The molecular weight excluding hydrogens is 370 g/mol. The zero-order valence-electron chi connectivity index (χ0n) is 15.3. The number of halogens is 2. The average Bonchev–Trinajstić information content (AvgIpc) is 2.69. The van der Waals surface area contributed by atoms with E-state index < -0.39 is 34.5 Å². The summed E-state index contributed by atoms with van der Waals surface area (Å²) in [7, 11) is 1.16. The maximum atomic E-state index is 14.4. The molecule has 0 fully saturated rings. The van der Waals surface area contributed by atoms with Gasteiger partial charge in [-0.1, -0.05) is 30.3 Å². The number of pyridine rings is 1. The molecule has 0 aliphatic heterocycles. The minimum atomic E-state index is -1.41. The Bertz CT molecular complexity index is 1110. The number of anilines is 1. The fourth-order valence-corrected chi connectivity index (χ4v) is 3.04. The van der Waals surface area contributed by atoms with E-state index in [0.29, 0.717) is 0 Å². The van der Waals surface area contributed by atoms with E-state index in [9.17, 15) is 18.4 Å². The summed E-state index contributed by atoms with van der Waals surface area (Å²) in [6, 6.07) is 9.05. The Kier molecular flexibility index (Phi) is 5.30. The molecule has 0 amide bonds. The maximum Gasteiger partial charge on any atom is 0.343 e. The molecule has 1 heterocycles. The molecule has 0 bridgehead atoms. The van der Waals surface area contributed by atoms with E-state index in [4.69, 9.17) is 15.2 Å². The number of benzene rings is 2. The zero-order chi connectivity index (χ0) is 20.4. The van der Waals surface area contributed by atoms with Gasteiger partial charge in [-0.3, -0.25) is 4.79 Å². The number of methoxy groups -OCH3 is 1. The SMILES string of the molecule is CCOC(=O)c1cn(Cc2ccccc2)c2c(OC)c(F)c(F)c(N)c2c1=O. The van der Waals surface area contributed by atoms with E-state index >= 15 is 0 Å². The van der Waals surface area contributed by atoms with E-state index in [1.807, 2.05) is 18.2 Å². The van der Waals surface area contributed by atoms with Crippen molar-refractivity contribution >= 4 is 22.6 Å². The number of ether oxygens (including phenoxy) is 2. The van der Waals surface area contributed by atoms with Crippen LogP contribution in [0.5, 0.6) is 5.75 Å². The first-order chi connectivity index (χ1) is 13.4. The highest BCUT2D eigenvalue weighted by molar-refractivity contribution is 6.00. The molecule has 0 unspecified atom stereocenters. The van der Waals surface area contributed by atoms with Crippen molar-refractivity contribution in [2.45, 2.75) is 13.5 Å². The van der Waals surface area contributed by atoms with Crippen molar-refractivity contribution in [3.63, 3.8) is 0 Å². The van der Waals surface area contributed by atoms with E-state index in [0.717, 1.165) is 12.7 Å². The Balaban J connectivity index is 2.43. The van der Waals surface area contributed by atoms with Crippen LogP contribution in [-0.4, -0.2) is 24.3 Å². The van der Waals surface area contributed by atoms with Crippen LogP contribution in [0.25, 0.3) is 10.9 Å². The lowest BCUT2D eigenvalue weighted by molar-refractivity contribution is 0.0524. The van der Waals surface area contributed by atoms with Gasteiger partial charge in [0.2, 0.25) is 11.2 Å². The van der Waals surface area contributed by atoms with Gasteiger partial charge in [-0.2, -0.15) is 4.39 Å². The number of aromatic nitrogens is 1. The fourth-order valence-electron chi connectivity index (χ4n) is 3.04. The molecule has 6 nitrogen and oxygen atoms in total. The number of fused-ring (bicyclic) bond motifs is 1. The van der Waals surface area contributed by atoms with Gasteiger partial charge in [-0.25, -0.2) is 9.18 Å². The summed E-state index contributed by atoms with van der Waals surface area (Å²) in [4.78, 5) is 25.1. The van der Waals surface area contributed by atoms with Crippen LogP contribution >= 0.6 is 0 Å². The molecule has 0 radical (unpaired) electrons. The number of rotatable bonds is 5. The molecule has 0 atom stereocenters. The van der Waals surface area contributed by atoms with Crippen molar-refractivity contribution in [1.29, 1.82) is 0 Å². The molecule has 0 aliphatic carbocycles. The largest absolute Gasteiger partial charge is 0.491 e. The molecule has 2 aromatic carbocycles. The van der Waals surface area contributed by atoms with Crippen molar-refractivity contribution in [3.8, 4) is 5.75 Å². The lowest BCUT2D eigenvalue weighted by Gasteiger charge is -2.18. The van der Waals surface area contributed by atoms with Crippen LogP contribution in [0.3, 0.4) is 0 Å². The Morgan fingerprint density at radius 2 is 1.86 bits per heavy atom. The van der Waals surface area contributed by atoms with Crippen molar-refractivity contribution in [1.82, 2.24) is 4.57 Å². The lowest BCUT2D eigenvalue weighted by atomic mass is 10.1. The number of hydrogen-bond donors (Lipinski definition) is 1. The van der Waals surface area contributed by atoms with Gasteiger partial charge in [0, 0.05) is 12.7 Å². The Hall–Kier alpha value is -3.42. The molecule has 8 heteroatoms. The second-order valence-corrected chi connectivity index (χ2v) is 6.00. The summed E-state index contributed by atoms with van der Waals surface area (Å²) in [6.07, 6.45) is 1.25. The quantitative estimate of drug-likeness (QED) is 0.536. The van der Waals surface area contributed by atoms with E-state index in [1.54, 1.807) is 19.1 Å². The summed E-state index contributed by atoms with van der Waals surface area (Å²) in [6.45, 7) is 1.80. The van der Waals surface area contributed by atoms with Crippen molar-refractivity contribution < 1.29 is 23.0 Å². The molecule has 2 N–H and O–H groups in total. The van der Waals surface area contributed by atoms with E-state index in [2.05, 4.69) is 0 Å². The Labute approximate surface area is 159 Å². The predicted octanol–water partition coefficient (Wildman–Crippen LogP) is 3.10. The van der Waals surface area contributed by atoms with E-state index in [-0.39, 0.29) is 29.6 Å². The summed E-state index contributed by atoms with van der Waals surface area (Å²) < 4.78 is 40.1. The number of hydrogen-bond acceptors (Lipinski definition) is 5. The molecule has 0 saturated heterocycles. The van der Waals surface area contributed by atoms with Crippen LogP contribution in [0.4, 0.5) is 14.5 Å². The highest BCUT2D eigenvalue weighted by atomic mass is 19.2. The second kappa shape index (κ2) is 7.67. The highest BCUT2D eigenvalue weighted by Crippen LogP contribution is 2.35. The molecule has 28 heavy (non-hydrogen) atoms. The number of nitrogens with zero attached hydrogens (tertiary/aromatic N) is 1. The molecule has 3 rings (SSSR count). The van der Waals surface area contributed by atoms with Gasteiger partial charge in [0.1, 0.15) is 11.1 Å².